The monoisotopic (exact) mass is 604 g/mol. The lowest BCUT2D eigenvalue weighted by atomic mass is 10.0. The number of nitrogens with zero attached hydrogens (tertiary/aromatic N) is 4. The highest BCUT2D eigenvalue weighted by atomic mass is 32.2. The fourth-order valence-corrected chi connectivity index (χ4v) is 7.46. The molecule has 0 spiro atoms. The number of Topliss-reactive ketones (excluding diaryl/α,β-unsaturated/α-hetero) is 1. The minimum absolute atomic E-state index is 0.114. The quantitative estimate of drug-likeness (QED) is 0.301. The molecule has 0 amide bonds. The summed E-state index contributed by atoms with van der Waals surface area (Å²) in [5.74, 6) is -0.567. The van der Waals surface area contributed by atoms with Crippen LogP contribution in [0.25, 0.3) is 0 Å². The highest BCUT2D eigenvalue weighted by molar-refractivity contribution is 7.92. The van der Waals surface area contributed by atoms with Crippen LogP contribution in [0.5, 0.6) is 0 Å². The van der Waals surface area contributed by atoms with E-state index in [2.05, 4.69) is 9.97 Å². The average Bonchev–Trinajstić information content (AvgIpc) is 3.44. The molecule has 1 aromatic carbocycles. The molecule has 8 nitrogen and oxygen atoms in total. The number of anilines is 2. The Morgan fingerprint density at radius 1 is 1.00 bits per heavy atom. The molecule has 2 fully saturated rings. The number of ketones is 1. The molecule has 0 N–H and O–H groups in total. The van der Waals surface area contributed by atoms with Gasteiger partial charge in [0.1, 0.15) is 5.82 Å². The van der Waals surface area contributed by atoms with Crippen molar-refractivity contribution in [2.75, 3.05) is 41.7 Å². The van der Waals surface area contributed by atoms with E-state index in [1.54, 1.807) is 17.0 Å². The van der Waals surface area contributed by atoms with E-state index in [1.807, 2.05) is 42.2 Å². The van der Waals surface area contributed by atoms with E-state index in [9.17, 15) is 26.4 Å². The van der Waals surface area contributed by atoms with Gasteiger partial charge in [0, 0.05) is 38.8 Å². The van der Waals surface area contributed by atoms with Crippen molar-refractivity contribution in [2.45, 2.75) is 56.9 Å². The molecule has 2 saturated heterocycles. The smallest absolute Gasteiger partial charge is 0.420 e. The minimum Gasteiger partial charge on any atom is -0.420 e. The third-order valence-electron chi connectivity index (χ3n) is 8.03. The molecular formula is C30H35F3N4O4S. The van der Waals surface area contributed by atoms with Crippen LogP contribution in [-0.4, -0.2) is 61.4 Å². The Kier molecular flexibility index (Phi) is 8.91. The van der Waals surface area contributed by atoms with Gasteiger partial charge in [-0.3, -0.25) is 4.79 Å². The summed E-state index contributed by atoms with van der Waals surface area (Å²) >= 11 is 0. The molecule has 0 bridgehead atoms. The molecule has 12 heteroatoms. The Morgan fingerprint density at radius 2 is 1.74 bits per heavy atom. The second kappa shape index (κ2) is 12.4. The zero-order valence-electron chi connectivity index (χ0n) is 23.5. The van der Waals surface area contributed by atoms with Crippen LogP contribution >= 0.6 is 0 Å². The number of benzene rings is 1. The van der Waals surface area contributed by atoms with Gasteiger partial charge < -0.3 is 14.2 Å². The molecule has 1 unspecified atom stereocenters. The van der Waals surface area contributed by atoms with Crippen molar-refractivity contribution >= 4 is 27.5 Å². The van der Waals surface area contributed by atoms with Crippen LogP contribution in [0.15, 0.2) is 53.1 Å². The number of aryl methyl sites for hydroxylation is 1. The minimum atomic E-state index is -4.82. The van der Waals surface area contributed by atoms with Crippen LogP contribution in [-0.2, 0) is 28.9 Å². The molecule has 2 aliphatic rings. The maximum atomic E-state index is 13.7. The van der Waals surface area contributed by atoms with E-state index in [0.29, 0.717) is 62.7 Å². The Bertz CT molecular complexity index is 1470. The molecule has 3 aromatic rings. The molecule has 4 heterocycles. The van der Waals surface area contributed by atoms with Gasteiger partial charge in [-0.15, -0.1) is 0 Å². The van der Waals surface area contributed by atoms with Gasteiger partial charge in [0.25, 0.3) is 6.01 Å². The maximum Gasteiger partial charge on any atom is 0.437 e. The molecule has 5 rings (SSSR count). The fraction of sp³-hybridized carbons (Fsp3) is 0.500. The van der Waals surface area contributed by atoms with Crippen molar-refractivity contribution in [3.05, 3.63) is 71.2 Å². The van der Waals surface area contributed by atoms with Crippen molar-refractivity contribution in [1.82, 2.24) is 9.97 Å². The van der Waals surface area contributed by atoms with Gasteiger partial charge >= 0.3 is 6.18 Å². The third-order valence-corrected chi connectivity index (χ3v) is 10.3. The Hall–Kier alpha value is -3.41. The molecule has 2 aromatic heterocycles. The lowest BCUT2D eigenvalue weighted by Gasteiger charge is -2.32. The van der Waals surface area contributed by atoms with Crippen molar-refractivity contribution in [1.29, 1.82) is 0 Å². The second-order valence-electron chi connectivity index (χ2n) is 11.3. The fourth-order valence-electron chi connectivity index (χ4n) is 5.68. The van der Waals surface area contributed by atoms with E-state index < -0.39 is 38.5 Å². The zero-order chi connectivity index (χ0) is 29.9. The van der Waals surface area contributed by atoms with Gasteiger partial charge in [-0.2, -0.15) is 18.2 Å². The molecule has 226 valence electrons. The van der Waals surface area contributed by atoms with Crippen LogP contribution in [0.2, 0.25) is 0 Å². The summed E-state index contributed by atoms with van der Waals surface area (Å²) in [5.41, 5.74) is 0.142. The first-order valence-corrected chi connectivity index (χ1v) is 16.0. The van der Waals surface area contributed by atoms with Crippen LogP contribution < -0.4 is 9.80 Å². The standard InChI is InChI=1S/C30H35F3N4O4S/c1-21-6-5-14-37(20-21)29-35-28(30(31,32)33)27(41-29)25(38)18-23-9-10-26(34-19-23)36-15-11-24(12-16-36)42(39,40)17-13-22-7-3-2-4-8-22/h2-4,7-10,19,21,24H,5-6,11-18,20H2,1H3. The molecule has 0 saturated carbocycles. The number of carbonyl (C=O) groups excluding carboxylic acids is 1. The first-order chi connectivity index (χ1) is 20.0. The van der Waals surface area contributed by atoms with E-state index in [0.717, 1.165) is 18.4 Å². The summed E-state index contributed by atoms with van der Waals surface area (Å²) in [6, 6.07) is 12.7. The Balaban J connectivity index is 1.19. The second-order valence-corrected chi connectivity index (χ2v) is 13.7. The molecule has 2 aliphatic heterocycles. The summed E-state index contributed by atoms with van der Waals surface area (Å²) in [5, 5.41) is -0.405. The number of alkyl halides is 3. The lowest BCUT2D eigenvalue weighted by Crippen LogP contribution is -2.40. The summed E-state index contributed by atoms with van der Waals surface area (Å²) in [6.07, 6.45) is -0.417. The predicted molar refractivity (Wildman–Crippen MR) is 154 cm³/mol. The molecular weight excluding hydrogens is 569 g/mol. The highest BCUT2D eigenvalue weighted by Crippen LogP contribution is 2.35. The van der Waals surface area contributed by atoms with E-state index in [4.69, 9.17) is 4.42 Å². The average molecular weight is 605 g/mol. The number of aromatic nitrogens is 2. The van der Waals surface area contributed by atoms with Crippen LogP contribution in [0, 0.1) is 5.92 Å². The summed E-state index contributed by atoms with van der Waals surface area (Å²) in [7, 11) is -3.24. The lowest BCUT2D eigenvalue weighted by molar-refractivity contribution is -0.141. The molecule has 1 atom stereocenters. The summed E-state index contributed by atoms with van der Waals surface area (Å²) in [4.78, 5) is 24.7. The number of piperidine rings is 2. The van der Waals surface area contributed by atoms with Crippen molar-refractivity contribution in [2.24, 2.45) is 5.92 Å². The first kappa shape index (κ1) is 30.1. The van der Waals surface area contributed by atoms with Crippen LogP contribution in [0.4, 0.5) is 25.0 Å². The number of hydrogen-bond acceptors (Lipinski definition) is 8. The Morgan fingerprint density at radius 3 is 2.38 bits per heavy atom. The molecule has 0 radical (unpaired) electrons. The molecule has 42 heavy (non-hydrogen) atoms. The van der Waals surface area contributed by atoms with Gasteiger partial charge in [0.05, 0.1) is 11.0 Å². The number of sulfone groups is 1. The number of carbonyl (C=O) groups is 1. The van der Waals surface area contributed by atoms with Crippen LogP contribution in [0.3, 0.4) is 0 Å². The maximum absolute atomic E-state index is 13.7. The van der Waals surface area contributed by atoms with E-state index in [1.165, 1.54) is 6.20 Å². The van der Waals surface area contributed by atoms with Gasteiger partial charge in [-0.05, 0) is 55.2 Å². The summed E-state index contributed by atoms with van der Waals surface area (Å²) < 4.78 is 72.5. The number of oxazole rings is 1. The number of halogens is 3. The third kappa shape index (κ3) is 7.14. The SMILES string of the molecule is CC1CCCN(c2nc(C(F)(F)F)c(C(=O)Cc3ccc(N4CCC(S(=O)(=O)CCc5ccccc5)CC4)nc3)o2)C1. The van der Waals surface area contributed by atoms with E-state index >= 15 is 0 Å². The van der Waals surface area contributed by atoms with Gasteiger partial charge in [0.15, 0.2) is 15.5 Å². The normalized spacial score (nSPS) is 18.8. The molecule has 0 aliphatic carbocycles. The van der Waals surface area contributed by atoms with Gasteiger partial charge in [-0.25, -0.2) is 13.4 Å². The highest BCUT2D eigenvalue weighted by Gasteiger charge is 2.42. The van der Waals surface area contributed by atoms with Gasteiger partial charge in [-0.1, -0.05) is 43.3 Å². The van der Waals surface area contributed by atoms with Crippen LogP contribution in [0.1, 0.15) is 60.0 Å². The first-order valence-electron chi connectivity index (χ1n) is 14.3. The Labute approximate surface area is 243 Å². The van der Waals surface area contributed by atoms with Gasteiger partial charge in [0.2, 0.25) is 11.5 Å². The van der Waals surface area contributed by atoms with E-state index in [-0.39, 0.29) is 18.2 Å². The zero-order valence-corrected chi connectivity index (χ0v) is 24.3. The van der Waals surface area contributed by atoms with Crippen molar-refractivity contribution in [3.63, 3.8) is 0 Å². The predicted octanol–water partition coefficient (Wildman–Crippen LogP) is 5.38. The number of pyridine rings is 1. The van der Waals surface area contributed by atoms with Crippen molar-refractivity contribution in [3.8, 4) is 0 Å². The topological polar surface area (TPSA) is 96.6 Å². The number of rotatable bonds is 9. The number of hydrogen-bond donors (Lipinski definition) is 0. The van der Waals surface area contributed by atoms with Crippen molar-refractivity contribution < 1.29 is 30.8 Å². The summed E-state index contributed by atoms with van der Waals surface area (Å²) in [6.45, 7) is 4.10. The largest absolute Gasteiger partial charge is 0.437 e.